The molecule has 2 rings (SSSR count). The summed E-state index contributed by atoms with van der Waals surface area (Å²) < 4.78 is 6.47. The zero-order valence-electron chi connectivity index (χ0n) is 9.78. The van der Waals surface area contributed by atoms with E-state index in [0.717, 1.165) is 0 Å². The maximum absolute atomic E-state index is 11.2. The minimum Gasteiger partial charge on any atom is -0.478 e. The highest BCUT2D eigenvalue weighted by Crippen LogP contribution is 2.21. The van der Waals surface area contributed by atoms with Gasteiger partial charge in [-0.25, -0.2) is 14.3 Å². The number of hydrogen-bond donors (Lipinski definition) is 1. The Morgan fingerprint density at radius 1 is 1.67 bits per heavy atom. The molecule has 1 atom stereocenters. The zero-order chi connectivity index (χ0) is 13.3. The van der Waals surface area contributed by atoms with Crippen molar-refractivity contribution in [2.24, 2.45) is 0 Å². The van der Waals surface area contributed by atoms with Gasteiger partial charge in [-0.05, 0) is 6.92 Å². The fourth-order valence-corrected chi connectivity index (χ4v) is 1.67. The van der Waals surface area contributed by atoms with E-state index in [1.54, 1.807) is 6.92 Å². The highest BCUT2D eigenvalue weighted by molar-refractivity contribution is 5.89. The molecule has 0 aliphatic heterocycles. The Morgan fingerprint density at radius 2 is 2.39 bits per heavy atom. The molecule has 1 N–H and O–H groups in total. The molecule has 0 spiro atoms. The van der Waals surface area contributed by atoms with Crippen molar-refractivity contribution in [3.63, 3.8) is 0 Å². The first-order valence-corrected chi connectivity index (χ1v) is 5.13. The van der Waals surface area contributed by atoms with Crippen molar-refractivity contribution in [1.29, 1.82) is 5.26 Å². The SMILES string of the molecule is CO[C@@H](C)c1c(C(=O)O)cnc2cc(C#N)nn12. The summed E-state index contributed by atoms with van der Waals surface area (Å²) in [6, 6.07) is 3.37. The minimum absolute atomic E-state index is 0.00411. The van der Waals surface area contributed by atoms with Crippen LogP contribution >= 0.6 is 0 Å². The summed E-state index contributed by atoms with van der Waals surface area (Å²) in [5, 5.41) is 21.9. The van der Waals surface area contributed by atoms with Gasteiger partial charge in [0.2, 0.25) is 0 Å². The molecule has 2 aromatic heterocycles. The van der Waals surface area contributed by atoms with Crippen molar-refractivity contribution < 1.29 is 14.6 Å². The van der Waals surface area contributed by atoms with E-state index in [-0.39, 0.29) is 11.3 Å². The van der Waals surface area contributed by atoms with Gasteiger partial charge < -0.3 is 9.84 Å². The molecule has 2 aromatic rings. The second kappa shape index (κ2) is 4.43. The van der Waals surface area contributed by atoms with Crippen molar-refractivity contribution >= 4 is 11.6 Å². The standard InChI is InChI=1S/C11H10N4O3/c1-6(18-2)10-8(11(16)17)5-13-9-3-7(4-12)14-15(9)10/h3,5-6H,1-2H3,(H,16,17)/t6-/m0/s1. The molecule has 0 saturated carbocycles. The van der Waals surface area contributed by atoms with Crippen LogP contribution < -0.4 is 0 Å². The van der Waals surface area contributed by atoms with Gasteiger partial charge in [0.05, 0.1) is 11.8 Å². The van der Waals surface area contributed by atoms with E-state index in [0.29, 0.717) is 11.3 Å². The van der Waals surface area contributed by atoms with Gasteiger partial charge in [0, 0.05) is 19.4 Å². The number of methoxy groups -OCH3 is 1. The van der Waals surface area contributed by atoms with E-state index in [4.69, 9.17) is 15.1 Å². The number of carbonyl (C=O) groups is 1. The molecule has 18 heavy (non-hydrogen) atoms. The maximum Gasteiger partial charge on any atom is 0.339 e. The number of nitrogens with zero attached hydrogens (tertiary/aromatic N) is 4. The normalized spacial score (nSPS) is 12.3. The molecular formula is C11H10N4O3. The Hall–Kier alpha value is -2.46. The third-order valence-corrected chi connectivity index (χ3v) is 2.60. The van der Waals surface area contributed by atoms with Crippen LogP contribution in [0.1, 0.15) is 34.8 Å². The quantitative estimate of drug-likeness (QED) is 0.867. The number of rotatable bonds is 3. The Balaban J connectivity index is 2.80. The van der Waals surface area contributed by atoms with Crippen LogP contribution in [0.2, 0.25) is 0 Å². The average molecular weight is 246 g/mol. The van der Waals surface area contributed by atoms with Crippen molar-refractivity contribution in [1.82, 2.24) is 14.6 Å². The first kappa shape index (κ1) is 12.0. The second-order valence-electron chi connectivity index (χ2n) is 3.65. The Bertz CT molecular complexity index is 656. The molecule has 2 heterocycles. The predicted molar refractivity (Wildman–Crippen MR) is 60.1 cm³/mol. The van der Waals surface area contributed by atoms with E-state index in [1.807, 2.05) is 6.07 Å². The third kappa shape index (κ3) is 1.78. The van der Waals surface area contributed by atoms with Gasteiger partial charge in [-0.2, -0.15) is 10.4 Å². The van der Waals surface area contributed by atoms with E-state index >= 15 is 0 Å². The Labute approximate surface area is 102 Å². The highest BCUT2D eigenvalue weighted by atomic mass is 16.5. The lowest BCUT2D eigenvalue weighted by Crippen LogP contribution is -2.14. The molecule has 7 heteroatoms. The van der Waals surface area contributed by atoms with Gasteiger partial charge in [0.25, 0.3) is 0 Å². The molecule has 0 amide bonds. The van der Waals surface area contributed by atoms with Crippen LogP contribution in [0.5, 0.6) is 0 Å². The smallest absolute Gasteiger partial charge is 0.339 e. The number of carboxylic acid groups (broad SMARTS) is 1. The molecule has 0 aliphatic rings. The summed E-state index contributed by atoms with van der Waals surface area (Å²) >= 11 is 0. The molecule has 0 unspecified atom stereocenters. The molecule has 0 bridgehead atoms. The Kier molecular flexibility index (Phi) is 2.95. The molecule has 0 aromatic carbocycles. The largest absolute Gasteiger partial charge is 0.478 e. The highest BCUT2D eigenvalue weighted by Gasteiger charge is 2.21. The average Bonchev–Trinajstić information content (AvgIpc) is 2.79. The van der Waals surface area contributed by atoms with Gasteiger partial charge in [-0.1, -0.05) is 0 Å². The first-order valence-electron chi connectivity index (χ1n) is 5.13. The summed E-state index contributed by atoms with van der Waals surface area (Å²) in [4.78, 5) is 15.1. The van der Waals surface area contributed by atoms with Gasteiger partial charge in [0.15, 0.2) is 11.3 Å². The van der Waals surface area contributed by atoms with Crippen LogP contribution in [0.3, 0.4) is 0 Å². The fourth-order valence-electron chi connectivity index (χ4n) is 1.67. The van der Waals surface area contributed by atoms with Crippen LogP contribution in [-0.4, -0.2) is 32.8 Å². The predicted octanol–water partition coefficient (Wildman–Crippen LogP) is 1.01. The second-order valence-corrected chi connectivity index (χ2v) is 3.65. The maximum atomic E-state index is 11.2. The molecule has 0 aliphatic carbocycles. The summed E-state index contributed by atoms with van der Waals surface area (Å²) in [6.07, 6.45) is 0.763. The van der Waals surface area contributed by atoms with Gasteiger partial charge in [0.1, 0.15) is 11.6 Å². The minimum atomic E-state index is -1.11. The van der Waals surface area contributed by atoms with Gasteiger partial charge in [-0.3, -0.25) is 0 Å². The Morgan fingerprint density at radius 3 is 2.94 bits per heavy atom. The molecule has 92 valence electrons. The summed E-state index contributed by atoms with van der Waals surface area (Å²) in [5.74, 6) is -1.11. The number of fused-ring (bicyclic) bond motifs is 1. The van der Waals surface area contributed by atoms with Crippen molar-refractivity contribution in [2.75, 3.05) is 7.11 Å². The molecule has 0 fully saturated rings. The van der Waals surface area contributed by atoms with Crippen LogP contribution in [0.4, 0.5) is 0 Å². The summed E-state index contributed by atoms with van der Waals surface area (Å²) in [6.45, 7) is 1.70. The third-order valence-electron chi connectivity index (χ3n) is 2.60. The van der Waals surface area contributed by atoms with Crippen LogP contribution in [0, 0.1) is 11.3 Å². The number of hydrogen-bond acceptors (Lipinski definition) is 5. The van der Waals surface area contributed by atoms with Crippen molar-refractivity contribution in [3.05, 3.63) is 29.2 Å². The van der Waals surface area contributed by atoms with E-state index < -0.39 is 12.1 Å². The lowest BCUT2D eigenvalue weighted by molar-refractivity contribution is 0.0678. The van der Waals surface area contributed by atoms with Gasteiger partial charge in [-0.15, -0.1) is 0 Å². The molecular weight excluding hydrogens is 236 g/mol. The van der Waals surface area contributed by atoms with Crippen LogP contribution in [0.25, 0.3) is 5.65 Å². The number of nitriles is 1. The lowest BCUT2D eigenvalue weighted by atomic mass is 10.1. The number of aromatic carboxylic acids is 1. The molecule has 0 radical (unpaired) electrons. The van der Waals surface area contributed by atoms with E-state index in [1.165, 1.54) is 23.9 Å². The van der Waals surface area contributed by atoms with Crippen molar-refractivity contribution in [3.8, 4) is 6.07 Å². The van der Waals surface area contributed by atoms with Gasteiger partial charge >= 0.3 is 5.97 Å². The molecule has 0 saturated heterocycles. The topological polar surface area (TPSA) is 101 Å². The lowest BCUT2D eigenvalue weighted by Gasteiger charge is -2.13. The van der Waals surface area contributed by atoms with Crippen molar-refractivity contribution in [2.45, 2.75) is 13.0 Å². The number of aromatic nitrogens is 3. The zero-order valence-corrected chi connectivity index (χ0v) is 9.78. The number of ether oxygens (including phenoxy) is 1. The van der Waals surface area contributed by atoms with E-state index in [9.17, 15) is 4.79 Å². The number of carboxylic acids is 1. The fraction of sp³-hybridized carbons (Fsp3) is 0.273. The summed E-state index contributed by atoms with van der Waals surface area (Å²) in [7, 11) is 1.47. The molecule has 7 nitrogen and oxygen atoms in total. The summed E-state index contributed by atoms with van der Waals surface area (Å²) in [5.41, 5.74) is 0.950. The monoisotopic (exact) mass is 246 g/mol. The van der Waals surface area contributed by atoms with Crippen LogP contribution in [-0.2, 0) is 4.74 Å². The van der Waals surface area contributed by atoms with E-state index in [2.05, 4.69) is 10.1 Å². The first-order chi connectivity index (χ1) is 8.58. The van der Waals surface area contributed by atoms with Crippen LogP contribution in [0.15, 0.2) is 12.3 Å².